The number of piperazine rings is 1. The fraction of sp³-hybridized carbons (Fsp3) is 0.300. The van der Waals surface area contributed by atoms with E-state index in [2.05, 4.69) is 17.9 Å². The molecule has 1 atom stereocenters. The Bertz CT molecular complexity index is 994. The molecule has 0 spiro atoms. The van der Waals surface area contributed by atoms with Crippen molar-refractivity contribution in [3.05, 3.63) is 69.2 Å². The van der Waals surface area contributed by atoms with Gasteiger partial charge in [-0.1, -0.05) is 18.2 Å². The number of hydrogen-bond acceptors (Lipinski definition) is 6. The number of thiazole rings is 1. The summed E-state index contributed by atoms with van der Waals surface area (Å²) in [5.74, 6) is -0.156. The number of benzene rings is 2. The van der Waals surface area contributed by atoms with Gasteiger partial charge in [0.25, 0.3) is 11.6 Å². The van der Waals surface area contributed by atoms with E-state index in [9.17, 15) is 14.9 Å². The third-order valence-corrected chi connectivity index (χ3v) is 6.33. The summed E-state index contributed by atoms with van der Waals surface area (Å²) in [6.45, 7) is 4.83. The first-order valence-electron chi connectivity index (χ1n) is 9.16. The van der Waals surface area contributed by atoms with Gasteiger partial charge in [-0.2, -0.15) is 0 Å². The van der Waals surface area contributed by atoms with Crippen LogP contribution >= 0.6 is 11.3 Å². The molecule has 1 aromatic heterocycles. The van der Waals surface area contributed by atoms with Gasteiger partial charge in [0.2, 0.25) is 0 Å². The van der Waals surface area contributed by atoms with Gasteiger partial charge in [-0.3, -0.25) is 19.8 Å². The minimum atomic E-state index is -0.478. The number of fused-ring (bicyclic) bond motifs is 1. The van der Waals surface area contributed by atoms with Crippen LogP contribution in [-0.4, -0.2) is 51.8 Å². The average Bonchev–Trinajstić information content (AvgIpc) is 3.17. The summed E-state index contributed by atoms with van der Waals surface area (Å²) in [4.78, 5) is 32.0. The third-order valence-electron chi connectivity index (χ3n) is 5.12. The quantitative estimate of drug-likeness (QED) is 0.496. The van der Waals surface area contributed by atoms with Crippen LogP contribution in [0.3, 0.4) is 0 Å². The highest BCUT2D eigenvalue weighted by Crippen LogP contribution is 2.30. The second kappa shape index (κ2) is 7.65. The van der Waals surface area contributed by atoms with Crippen molar-refractivity contribution < 1.29 is 9.72 Å². The topological polar surface area (TPSA) is 79.6 Å². The molecule has 0 N–H and O–H groups in total. The molecule has 0 radical (unpaired) electrons. The standard InChI is InChI=1S/C20H20N4O3S/c1-14(19-21-17-7-2-3-8-18(17)28-19)22-9-11-23(12-10-22)20(25)15-5-4-6-16(13-15)24(26)27/h2-8,13-14H,9-12H2,1H3. The molecule has 3 aromatic rings. The predicted molar refractivity (Wildman–Crippen MR) is 109 cm³/mol. The Balaban J connectivity index is 1.42. The van der Waals surface area contributed by atoms with Crippen molar-refractivity contribution >= 4 is 33.1 Å². The van der Waals surface area contributed by atoms with Crippen molar-refractivity contribution in [2.75, 3.05) is 26.2 Å². The highest BCUT2D eigenvalue weighted by molar-refractivity contribution is 7.18. The normalized spacial score (nSPS) is 16.2. The Hall–Kier alpha value is -2.84. The van der Waals surface area contributed by atoms with Crippen molar-refractivity contribution in [3.63, 3.8) is 0 Å². The van der Waals surface area contributed by atoms with E-state index in [1.807, 2.05) is 18.2 Å². The summed E-state index contributed by atoms with van der Waals surface area (Å²) < 4.78 is 1.18. The lowest BCUT2D eigenvalue weighted by molar-refractivity contribution is -0.384. The van der Waals surface area contributed by atoms with Crippen LogP contribution in [0.2, 0.25) is 0 Å². The van der Waals surface area contributed by atoms with Crippen molar-refractivity contribution in [2.24, 2.45) is 0 Å². The van der Waals surface area contributed by atoms with Gasteiger partial charge >= 0.3 is 0 Å². The minimum Gasteiger partial charge on any atom is -0.336 e. The first-order chi connectivity index (χ1) is 13.5. The molecule has 8 heteroatoms. The van der Waals surface area contributed by atoms with Gasteiger partial charge in [-0.25, -0.2) is 4.98 Å². The average molecular weight is 396 g/mol. The monoisotopic (exact) mass is 396 g/mol. The molecule has 2 heterocycles. The molecule has 2 aromatic carbocycles. The number of hydrogen-bond donors (Lipinski definition) is 0. The Morgan fingerprint density at radius 1 is 1.14 bits per heavy atom. The number of rotatable bonds is 4. The molecule has 28 heavy (non-hydrogen) atoms. The number of nitro benzene ring substituents is 1. The number of amides is 1. The molecule has 1 aliphatic heterocycles. The predicted octanol–water partition coefficient (Wildman–Crippen LogP) is 3.72. The molecule has 1 fully saturated rings. The zero-order valence-electron chi connectivity index (χ0n) is 15.4. The van der Waals surface area contributed by atoms with Crippen LogP contribution in [0.15, 0.2) is 48.5 Å². The molecule has 0 saturated carbocycles. The largest absolute Gasteiger partial charge is 0.336 e. The summed E-state index contributed by atoms with van der Waals surface area (Å²) >= 11 is 1.71. The first kappa shape index (κ1) is 18.5. The maximum atomic E-state index is 12.7. The second-order valence-corrected chi connectivity index (χ2v) is 7.89. The molecule has 1 unspecified atom stereocenters. The third kappa shape index (κ3) is 3.61. The SMILES string of the molecule is CC(c1nc2ccccc2s1)N1CCN(C(=O)c2cccc([N+](=O)[O-])c2)CC1. The van der Waals surface area contributed by atoms with E-state index < -0.39 is 4.92 Å². The van der Waals surface area contributed by atoms with E-state index in [0.29, 0.717) is 18.7 Å². The Kier molecular flexibility index (Phi) is 5.06. The number of carbonyl (C=O) groups is 1. The summed E-state index contributed by atoms with van der Waals surface area (Å²) in [6.07, 6.45) is 0. The lowest BCUT2D eigenvalue weighted by atomic mass is 10.1. The number of carbonyl (C=O) groups excluding carboxylic acids is 1. The molecular formula is C20H20N4O3S. The van der Waals surface area contributed by atoms with Crippen molar-refractivity contribution in [3.8, 4) is 0 Å². The van der Waals surface area contributed by atoms with E-state index in [4.69, 9.17) is 4.98 Å². The number of nitrogens with zero attached hydrogens (tertiary/aromatic N) is 4. The molecule has 1 saturated heterocycles. The highest BCUT2D eigenvalue weighted by atomic mass is 32.1. The van der Waals surface area contributed by atoms with Crippen molar-refractivity contribution in [1.29, 1.82) is 0 Å². The van der Waals surface area contributed by atoms with Gasteiger partial charge in [-0.15, -0.1) is 11.3 Å². The summed E-state index contributed by atoms with van der Waals surface area (Å²) in [7, 11) is 0. The summed E-state index contributed by atoms with van der Waals surface area (Å²) in [5, 5.41) is 12.0. The lowest BCUT2D eigenvalue weighted by Crippen LogP contribution is -2.49. The van der Waals surface area contributed by atoms with E-state index in [1.165, 1.54) is 16.8 Å². The van der Waals surface area contributed by atoms with E-state index in [1.54, 1.807) is 28.4 Å². The second-order valence-electron chi connectivity index (χ2n) is 6.83. The van der Waals surface area contributed by atoms with Crippen molar-refractivity contribution in [2.45, 2.75) is 13.0 Å². The van der Waals surface area contributed by atoms with Crippen LogP contribution in [0.5, 0.6) is 0 Å². The van der Waals surface area contributed by atoms with Gasteiger partial charge < -0.3 is 4.90 Å². The first-order valence-corrected chi connectivity index (χ1v) is 9.98. The Morgan fingerprint density at radius 2 is 1.89 bits per heavy atom. The van der Waals surface area contributed by atoms with Gasteiger partial charge in [-0.05, 0) is 25.1 Å². The molecule has 144 valence electrons. The molecule has 0 aliphatic carbocycles. The van der Waals surface area contributed by atoms with Gasteiger partial charge in [0.1, 0.15) is 5.01 Å². The lowest BCUT2D eigenvalue weighted by Gasteiger charge is -2.37. The summed E-state index contributed by atoms with van der Waals surface area (Å²) in [5.41, 5.74) is 1.32. The van der Waals surface area contributed by atoms with E-state index >= 15 is 0 Å². The van der Waals surface area contributed by atoms with E-state index in [0.717, 1.165) is 23.6 Å². The molecule has 0 bridgehead atoms. The maximum absolute atomic E-state index is 12.7. The zero-order chi connectivity index (χ0) is 19.7. The van der Waals surface area contributed by atoms with Crippen LogP contribution in [0.4, 0.5) is 5.69 Å². The molecule has 1 aliphatic rings. The van der Waals surface area contributed by atoms with Gasteiger partial charge in [0.05, 0.1) is 21.2 Å². The number of aromatic nitrogens is 1. The van der Waals surface area contributed by atoms with Crippen LogP contribution in [0.25, 0.3) is 10.2 Å². The van der Waals surface area contributed by atoms with Crippen molar-refractivity contribution in [1.82, 2.24) is 14.8 Å². The van der Waals surface area contributed by atoms with Crippen LogP contribution in [0.1, 0.15) is 28.3 Å². The zero-order valence-corrected chi connectivity index (χ0v) is 16.3. The maximum Gasteiger partial charge on any atom is 0.270 e. The van der Waals surface area contributed by atoms with Gasteiger partial charge in [0, 0.05) is 43.9 Å². The molecule has 7 nitrogen and oxygen atoms in total. The van der Waals surface area contributed by atoms with E-state index in [-0.39, 0.29) is 17.6 Å². The van der Waals surface area contributed by atoms with Crippen LogP contribution in [-0.2, 0) is 0 Å². The minimum absolute atomic E-state index is 0.0612. The molecule has 4 rings (SSSR count). The Labute approximate surface area is 166 Å². The number of para-hydroxylation sites is 1. The molecule has 1 amide bonds. The Morgan fingerprint density at radius 3 is 2.61 bits per heavy atom. The van der Waals surface area contributed by atoms with Crippen LogP contribution in [0, 0.1) is 10.1 Å². The van der Waals surface area contributed by atoms with Crippen LogP contribution < -0.4 is 0 Å². The summed E-state index contributed by atoms with van der Waals surface area (Å²) in [6, 6.07) is 14.2. The van der Waals surface area contributed by atoms with Gasteiger partial charge in [0.15, 0.2) is 0 Å². The fourth-order valence-electron chi connectivity index (χ4n) is 3.47. The fourth-order valence-corrected chi connectivity index (χ4v) is 4.53. The highest BCUT2D eigenvalue weighted by Gasteiger charge is 2.27. The smallest absolute Gasteiger partial charge is 0.270 e. The number of non-ortho nitro benzene ring substituents is 1. The molecular weight excluding hydrogens is 376 g/mol. The number of nitro groups is 1.